The van der Waals surface area contributed by atoms with Gasteiger partial charge in [-0.2, -0.15) is 9.97 Å². The largest absolute Gasteiger partial charge is 0.394 e. The van der Waals surface area contributed by atoms with Crippen molar-refractivity contribution in [3.05, 3.63) is 117 Å². The fourth-order valence-electron chi connectivity index (χ4n) is 5.72. The Morgan fingerprint density at radius 1 is 0.712 bits per heavy atom. The Morgan fingerprint density at radius 3 is 1.42 bits per heavy atom. The number of amides is 2. The Kier molecular flexibility index (Phi) is 11.4. The van der Waals surface area contributed by atoms with Gasteiger partial charge in [-0.1, -0.05) is 57.2 Å². The number of nitrogens with one attached hydrogen (secondary N) is 2. The van der Waals surface area contributed by atoms with Crippen molar-refractivity contribution in [3.8, 4) is 0 Å². The summed E-state index contributed by atoms with van der Waals surface area (Å²) in [5.41, 5.74) is -1.15. The second-order valence-electron chi connectivity index (χ2n) is 12.2. The minimum absolute atomic E-state index is 0.0125. The predicted octanol–water partition coefficient (Wildman–Crippen LogP) is 4.73. The lowest BCUT2D eigenvalue weighted by Gasteiger charge is -2.21. The summed E-state index contributed by atoms with van der Waals surface area (Å²) >= 11 is 0. The Hall–Kier alpha value is -5.26. The zero-order valence-electron chi connectivity index (χ0n) is 28.2. The number of nitrogens with zero attached hydrogens (tertiary/aromatic N) is 4. The van der Waals surface area contributed by atoms with Gasteiger partial charge in [-0.05, 0) is 42.8 Å². The number of benzene rings is 2. The number of hydrogen-bond donors (Lipinski definition) is 3. The topological polar surface area (TPSA) is 167 Å². The van der Waals surface area contributed by atoms with E-state index in [-0.39, 0.29) is 11.6 Å². The summed E-state index contributed by atoms with van der Waals surface area (Å²) in [7, 11) is 0. The van der Waals surface area contributed by atoms with E-state index in [1.54, 1.807) is 67.6 Å². The van der Waals surface area contributed by atoms with E-state index in [1.165, 1.54) is 32.2 Å². The molecule has 6 rings (SSSR count). The zero-order chi connectivity index (χ0) is 37.8. The highest BCUT2D eigenvalue weighted by atomic mass is 19.3. The second-order valence-corrected chi connectivity index (χ2v) is 12.2. The Balaban J connectivity index is 0.000000201. The van der Waals surface area contributed by atoms with E-state index in [4.69, 9.17) is 14.6 Å². The maximum absolute atomic E-state index is 14.5. The van der Waals surface area contributed by atoms with Crippen LogP contribution in [0.2, 0.25) is 0 Å². The normalized spacial score (nSPS) is 24.4. The highest BCUT2D eigenvalue weighted by molar-refractivity contribution is 6.04. The van der Waals surface area contributed by atoms with Gasteiger partial charge in [0, 0.05) is 23.5 Å². The van der Waals surface area contributed by atoms with Crippen molar-refractivity contribution in [3.63, 3.8) is 0 Å². The van der Waals surface area contributed by atoms with Crippen molar-refractivity contribution < 1.29 is 41.7 Å². The average molecular weight is 729 g/mol. The van der Waals surface area contributed by atoms with Gasteiger partial charge in [0.2, 0.25) is 12.5 Å². The molecule has 2 aliphatic rings. The summed E-state index contributed by atoms with van der Waals surface area (Å²) < 4.78 is 69.5. The SMILES string of the molecule is CC[C@H]1O[C@@H](n2ccc(NC(=O)c3ccccc3)nc2=O)C(F)(F)[C@@H]1C.C[C@@H]1[C@@H](CO)O[C@@H](n2ccc(NC(=O)c3ccccc3)nc2=O)C1(F)F. The summed E-state index contributed by atoms with van der Waals surface area (Å²) in [5.74, 6) is -9.82. The maximum atomic E-state index is 14.5. The second kappa shape index (κ2) is 15.5. The third kappa shape index (κ3) is 7.80. The summed E-state index contributed by atoms with van der Waals surface area (Å²) in [6, 6.07) is 19.2. The van der Waals surface area contributed by atoms with Gasteiger partial charge in [0.25, 0.3) is 23.7 Å². The molecule has 0 saturated carbocycles. The molecule has 0 spiro atoms. The van der Waals surface area contributed by atoms with Crippen molar-refractivity contribution in [2.24, 2.45) is 11.8 Å². The molecule has 0 aliphatic carbocycles. The van der Waals surface area contributed by atoms with Crippen LogP contribution in [0.5, 0.6) is 0 Å². The molecule has 17 heteroatoms. The molecule has 52 heavy (non-hydrogen) atoms. The van der Waals surface area contributed by atoms with Gasteiger partial charge in [-0.15, -0.1) is 0 Å². The van der Waals surface area contributed by atoms with Crippen molar-refractivity contribution >= 4 is 23.5 Å². The van der Waals surface area contributed by atoms with Crippen LogP contribution in [0.15, 0.2) is 94.8 Å². The van der Waals surface area contributed by atoms with E-state index >= 15 is 0 Å². The molecule has 276 valence electrons. The molecule has 2 saturated heterocycles. The number of carbonyl (C=O) groups is 2. The van der Waals surface area contributed by atoms with E-state index < -0.39 is 78.1 Å². The van der Waals surface area contributed by atoms with Gasteiger partial charge in [-0.25, -0.2) is 27.2 Å². The molecule has 2 amide bonds. The smallest absolute Gasteiger partial charge is 0.351 e. The molecule has 3 N–H and O–H groups in total. The predicted molar refractivity (Wildman–Crippen MR) is 179 cm³/mol. The molecule has 6 atom stereocenters. The highest BCUT2D eigenvalue weighted by Crippen LogP contribution is 2.47. The van der Waals surface area contributed by atoms with Crippen LogP contribution in [0.3, 0.4) is 0 Å². The van der Waals surface area contributed by atoms with Crippen LogP contribution in [0.25, 0.3) is 0 Å². The molecule has 2 aliphatic heterocycles. The lowest BCUT2D eigenvalue weighted by molar-refractivity contribution is -0.126. The van der Waals surface area contributed by atoms with Gasteiger partial charge in [0.15, 0.2) is 0 Å². The third-order valence-corrected chi connectivity index (χ3v) is 8.90. The van der Waals surface area contributed by atoms with Crippen molar-refractivity contribution in [2.45, 2.75) is 63.7 Å². The number of aromatic nitrogens is 4. The van der Waals surface area contributed by atoms with Gasteiger partial charge in [0.1, 0.15) is 11.6 Å². The van der Waals surface area contributed by atoms with Gasteiger partial charge in [0.05, 0.1) is 30.7 Å². The number of carbonyl (C=O) groups excluding carboxylic acids is 2. The first-order valence-corrected chi connectivity index (χ1v) is 16.3. The minimum atomic E-state index is -3.35. The van der Waals surface area contributed by atoms with Crippen LogP contribution >= 0.6 is 0 Å². The Morgan fingerprint density at radius 2 is 1.10 bits per heavy atom. The van der Waals surface area contributed by atoms with Gasteiger partial charge < -0.3 is 25.2 Å². The fourth-order valence-corrected chi connectivity index (χ4v) is 5.72. The van der Waals surface area contributed by atoms with Crippen LogP contribution in [-0.4, -0.2) is 66.7 Å². The van der Waals surface area contributed by atoms with E-state index in [0.717, 1.165) is 10.8 Å². The van der Waals surface area contributed by atoms with E-state index in [9.17, 15) is 36.7 Å². The number of ether oxygens (including phenoxy) is 2. The average Bonchev–Trinajstić information content (AvgIpc) is 3.50. The van der Waals surface area contributed by atoms with Crippen molar-refractivity contribution in [1.29, 1.82) is 0 Å². The molecule has 4 heterocycles. The van der Waals surface area contributed by atoms with Crippen LogP contribution in [0.4, 0.5) is 29.2 Å². The van der Waals surface area contributed by atoms with E-state index in [2.05, 4.69) is 20.6 Å². The molecule has 2 aromatic heterocycles. The Bertz CT molecular complexity index is 1850. The number of hydrogen-bond acceptors (Lipinski definition) is 9. The quantitative estimate of drug-likeness (QED) is 0.218. The standard InChI is InChI=1S/C18H19F2N3O3.C17H17F2N3O4/c1-3-13-11(2)18(19,20)16(26-13)23-10-9-14(22-17(23)25)21-15(24)12-7-5-4-6-8-12;1-10-12(9-23)26-15(17(10,18)19)22-8-7-13(21-16(22)25)20-14(24)11-5-3-2-4-6-11/h4-11,13,16H,3H2,1-2H3,(H,21,22,24,25);2-8,10,12,15,23H,9H2,1H3,(H,20,21,24,25)/t11-,13-,16-;10-,12-,15-/m11/s1. The molecule has 0 radical (unpaired) electrons. The Labute approximate surface area is 294 Å². The molecule has 2 aromatic carbocycles. The molecular weight excluding hydrogens is 692 g/mol. The van der Waals surface area contributed by atoms with Crippen molar-refractivity contribution in [1.82, 2.24) is 19.1 Å². The molecule has 4 aromatic rings. The fraction of sp³-hybridized carbons (Fsp3) is 0.371. The van der Waals surface area contributed by atoms with Crippen LogP contribution in [-0.2, 0) is 9.47 Å². The molecule has 13 nitrogen and oxygen atoms in total. The summed E-state index contributed by atoms with van der Waals surface area (Å²) in [6.45, 7) is 3.82. The van der Waals surface area contributed by atoms with E-state index in [0.29, 0.717) is 22.1 Å². The van der Waals surface area contributed by atoms with Gasteiger partial charge >= 0.3 is 11.4 Å². The molecule has 2 fully saturated rings. The first kappa shape index (κ1) is 38.0. The van der Waals surface area contributed by atoms with Crippen molar-refractivity contribution in [2.75, 3.05) is 17.2 Å². The number of anilines is 2. The first-order chi connectivity index (χ1) is 24.7. The van der Waals surface area contributed by atoms with Crippen LogP contribution < -0.4 is 22.0 Å². The van der Waals surface area contributed by atoms with E-state index in [1.807, 2.05) is 0 Å². The lowest BCUT2D eigenvalue weighted by atomic mass is 9.98. The number of aliphatic hydroxyl groups is 1. The van der Waals surface area contributed by atoms with Crippen LogP contribution in [0, 0.1) is 11.8 Å². The monoisotopic (exact) mass is 728 g/mol. The highest BCUT2D eigenvalue weighted by Gasteiger charge is 2.58. The minimum Gasteiger partial charge on any atom is -0.394 e. The third-order valence-electron chi connectivity index (χ3n) is 8.90. The number of halogens is 4. The number of aliphatic hydroxyl groups excluding tert-OH is 1. The number of rotatable bonds is 8. The number of alkyl halides is 4. The maximum Gasteiger partial charge on any atom is 0.351 e. The lowest BCUT2D eigenvalue weighted by Crippen LogP contribution is -2.37. The van der Waals surface area contributed by atoms with Crippen LogP contribution in [0.1, 0.15) is 60.4 Å². The summed E-state index contributed by atoms with van der Waals surface area (Å²) in [6.07, 6.45) is -2.63. The summed E-state index contributed by atoms with van der Waals surface area (Å²) in [4.78, 5) is 55.8. The van der Waals surface area contributed by atoms with Gasteiger partial charge in [-0.3, -0.25) is 18.7 Å². The summed E-state index contributed by atoms with van der Waals surface area (Å²) in [5, 5.41) is 14.1. The zero-order valence-corrected chi connectivity index (χ0v) is 28.2. The first-order valence-electron chi connectivity index (χ1n) is 16.3. The molecule has 0 bridgehead atoms. The molecule has 0 unspecified atom stereocenters. The molecular formula is C35H36F4N6O7.